The number of aliphatic imine (C=N–C) groups is 1. The lowest BCUT2D eigenvalue weighted by Crippen LogP contribution is -2.24. The van der Waals surface area contributed by atoms with Crippen LogP contribution in [0.25, 0.3) is 5.69 Å². The number of carbonyl (C=O) groups is 1. The van der Waals surface area contributed by atoms with E-state index in [0.29, 0.717) is 32.7 Å². The Balaban J connectivity index is 0.000000858. The van der Waals surface area contributed by atoms with Gasteiger partial charge < -0.3 is 9.84 Å². The summed E-state index contributed by atoms with van der Waals surface area (Å²) in [5.41, 5.74) is 2.80. The summed E-state index contributed by atoms with van der Waals surface area (Å²) in [6, 6.07) is 12.5. The monoisotopic (exact) mass is 460 g/mol. The molecule has 0 radical (unpaired) electrons. The van der Waals surface area contributed by atoms with E-state index in [1.54, 1.807) is 31.2 Å². The molecule has 4 rings (SSSR count). The van der Waals surface area contributed by atoms with Crippen LogP contribution in [0, 0.1) is 0 Å². The van der Waals surface area contributed by atoms with Crippen molar-refractivity contribution in [3.8, 4) is 5.69 Å². The van der Waals surface area contributed by atoms with Crippen LogP contribution in [0.1, 0.15) is 34.2 Å². The summed E-state index contributed by atoms with van der Waals surface area (Å²) < 4.78 is 7.62. The van der Waals surface area contributed by atoms with Gasteiger partial charge in [0.25, 0.3) is 0 Å². The Hall–Kier alpha value is -2.87. The Bertz CT molecular complexity index is 1230. The van der Waals surface area contributed by atoms with Crippen LogP contribution in [0.5, 0.6) is 0 Å². The van der Waals surface area contributed by atoms with Crippen molar-refractivity contribution in [3.63, 3.8) is 0 Å². The topological polar surface area (TPSA) is 88.6 Å². The third-order valence-corrected chi connectivity index (χ3v) is 5.27. The Morgan fingerprint density at radius 2 is 1.87 bits per heavy atom. The van der Waals surface area contributed by atoms with E-state index in [4.69, 9.17) is 38.0 Å². The van der Waals surface area contributed by atoms with Crippen LogP contribution in [-0.4, -0.2) is 34.5 Å². The lowest BCUT2D eigenvalue weighted by atomic mass is 10.0. The van der Waals surface area contributed by atoms with Gasteiger partial charge in [0.15, 0.2) is 5.69 Å². The summed E-state index contributed by atoms with van der Waals surface area (Å²) in [4.78, 5) is 30.0. The van der Waals surface area contributed by atoms with E-state index < -0.39 is 5.97 Å². The molecule has 0 unspecified atom stereocenters. The largest absolute Gasteiger partial charge is 0.855 e. The quantitative estimate of drug-likeness (QED) is 0.549. The van der Waals surface area contributed by atoms with Crippen molar-refractivity contribution in [3.05, 3.63) is 85.5 Å². The van der Waals surface area contributed by atoms with Gasteiger partial charge in [-0.1, -0.05) is 48.3 Å². The molecule has 1 aliphatic rings. The zero-order valence-electron chi connectivity index (χ0n) is 17.2. The normalized spacial score (nSPS) is 12.0. The van der Waals surface area contributed by atoms with Crippen LogP contribution in [0.2, 0.25) is 10.0 Å². The lowest BCUT2D eigenvalue weighted by molar-refractivity contribution is -0.361. The predicted molar refractivity (Wildman–Crippen MR) is 119 cm³/mol. The van der Waals surface area contributed by atoms with E-state index >= 15 is 0 Å². The molecule has 0 amide bonds. The highest BCUT2D eigenvalue weighted by atomic mass is 35.5. The maximum absolute atomic E-state index is 13.0. The summed E-state index contributed by atoms with van der Waals surface area (Å²) in [5.74, 6) is -0.597. The molecular weight excluding hydrogens is 441 g/mol. The maximum Gasteiger partial charge on any atom is 0.356 e. The Morgan fingerprint density at radius 1 is 1.19 bits per heavy atom. The number of hydrogen-bond donors (Lipinski definition) is 0. The van der Waals surface area contributed by atoms with Gasteiger partial charge in [0, 0.05) is 28.2 Å². The number of imidazole rings is 1. The minimum Gasteiger partial charge on any atom is -0.855 e. The summed E-state index contributed by atoms with van der Waals surface area (Å²) in [7, 11) is 2.81. The zero-order valence-corrected chi connectivity index (χ0v) is 18.7. The SMILES string of the molecule is CC[O-].COC(=O)c1c2n(c(=O)n1C)-c1ccc(Cl)cc1C(c1ccccc1Cl)=NC2. The lowest BCUT2D eigenvalue weighted by Gasteiger charge is -2.12. The molecule has 0 aliphatic carbocycles. The second kappa shape index (κ2) is 9.51. The minimum atomic E-state index is -0.597. The van der Waals surface area contributed by atoms with Crippen LogP contribution in [0.3, 0.4) is 0 Å². The van der Waals surface area contributed by atoms with Crippen molar-refractivity contribution in [1.82, 2.24) is 9.13 Å². The van der Waals surface area contributed by atoms with Crippen molar-refractivity contribution in [2.75, 3.05) is 13.7 Å². The number of methoxy groups -OCH3 is 1. The van der Waals surface area contributed by atoms with E-state index in [1.807, 2.05) is 18.2 Å². The highest BCUT2D eigenvalue weighted by molar-refractivity contribution is 6.36. The van der Waals surface area contributed by atoms with Gasteiger partial charge >= 0.3 is 11.7 Å². The fourth-order valence-electron chi connectivity index (χ4n) is 3.42. The van der Waals surface area contributed by atoms with Gasteiger partial charge in [-0.2, -0.15) is 0 Å². The molecule has 1 aliphatic heterocycles. The van der Waals surface area contributed by atoms with E-state index in [1.165, 1.54) is 23.3 Å². The van der Waals surface area contributed by atoms with Crippen LogP contribution >= 0.6 is 23.2 Å². The van der Waals surface area contributed by atoms with Gasteiger partial charge in [0.2, 0.25) is 0 Å². The van der Waals surface area contributed by atoms with Crippen molar-refractivity contribution >= 4 is 34.9 Å². The van der Waals surface area contributed by atoms with E-state index in [0.717, 1.165) is 5.56 Å². The molecule has 9 heteroatoms. The summed E-state index contributed by atoms with van der Waals surface area (Å²) in [6.07, 6.45) is 0. The Morgan fingerprint density at radius 3 is 2.52 bits per heavy atom. The standard InChI is InChI=1S/C20H15Cl2N3O3.C2H5O/c1-24-18(19(26)28-2)16-10-23-17(12-5-3-4-6-14(12)22)13-9-11(21)7-8-15(13)25(16)20(24)27;1-2-3/h3-9H,10H2,1-2H3;2H2,1H3/q;-1. The molecule has 162 valence electrons. The summed E-state index contributed by atoms with van der Waals surface area (Å²) in [5, 5.41) is 9.96. The maximum atomic E-state index is 13.0. The van der Waals surface area contributed by atoms with Gasteiger partial charge in [0.05, 0.1) is 30.7 Å². The molecule has 2 aromatic carbocycles. The van der Waals surface area contributed by atoms with Gasteiger partial charge in [0.1, 0.15) is 0 Å². The second-order valence-corrected chi connectivity index (χ2v) is 7.40. The predicted octanol–water partition coefficient (Wildman–Crippen LogP) is 2.99. The molecule has 0 atom stereocenters. The highest BCUT2D eigenvalue weighted by Gasteiger charge is 2.29. The number of hydrogen-bond acceptors (Lipinski definition) is 5. The number of halogens is 2. The molecule has 1 aromatic heterocycles. The molecule has 0 spiro atoms. The summed E-state index contributed by atoms with van der Waals surface area (Å²) in [6.45, 7) is 1.67. The number of fused-ring (bicyclic) bond motifs is 3. The fourth-order valence-corrected chi connectivity index (χ4v) is 3.82. The first-order chi connectivity index (χ1) is 14.8. The van der Waals surface area contributed by atoms with Gasteiger partial charge in [-0.25, -0.2) is 9.59 Å². The average molecular weight is 461 g/mol. The average Bonchev–Trinajstić information content (AvgIpc) is 2.89. The van der Waals surface area contributed by atoms with Gasteiger partial charge in [-0.05, 0) is 24.3 Å². The molecule has 0 fully saturated rings. The second-order valence-electron chi connectivity index (χ2n) is 6.56. The number of nitrogens with zero attached hydrogens (tertiary/aromatic N) is 3. The highest BCUT2D eigenvalue weighted by Crippen LogP contribution is 2.30. The molecular formula is C22H20Cl2N3O4-. The van der Waals surface area contributed by atoms with E-state index in [9.17, 15) is 9.59 Å². The first kappa shape index (κ1) is 22.8. The number of rotatable bonds is 2. The van der Waals surface area contributed by atoms with Crippen molar-refractivity contribution in [1.29, 1.82) is 0 Å². The van der Waals surface area contributed by atoms with Crippen LogP contribution < -0.4 is 10.8 Å². The number of esters is 1. The molecule has 3 aromatic rings. The molecule has 2 heterocycles. The molecule has 0 N–H and O–H groups in total. The molecule has 0 bridgehead atoms. The van der Waals surface area contributed by atoms with Gasteiger partial charge in [-0.15, -0.1) is 6.61 Å². The number of benzene rings is 2. The van der Waals surface area contributed by atoms with Crippen LogP contribution in [-0.2, 0) is 18.3 Å². The van der Waals surface area contributed by atoms with Crippen LogP contribution in [0.15, 0.2) is 52.3 Å². The van der Waals surface area contributed by atoms with Crippen molar-refractivity contribution in [2.24, 2.45) is 12.0 Å². The minimum absolute atomic E-state index is 0. The summed E-state index contributed by atoms with van der Waals surface area (Å²) >= 11 is 12.6. The molecule has 7 nitrogen and oxygen atoms in total. The van der Waals surface area contributed by atoms with E-state index in [2.05, 4.69) is 0 Å². The van der Waals surface area contributed by atoms with Crippen molar-refractivity contribution < 1.29 is 14.6 Å². The smallest absolute Gasteiger partial charge is 0.356 e. The van der Waals surface area contributed by atoms with Crippen LogP contribution in [0.4, 0.5) is 0 Å². The number of carbonyl (C=O) groups excluding carboxylic acids is 1. The third-order valence-electron chi connectivity index (χ3n) is 4.71. The van der Waals surface area contributed by atoms with Gasteiger partial charge in [-0.3, -0.25) is 14.1 Å². The third kappa shape index (κ3) is 4.17. The number of ether oxygens (including phenoxy) is 1. The number of aromatic nitrogens is 2. The van der Waals surface area contributed by atoms with E-state index in [-0.39, 0.29) is 24.5 Å². The zero-order chi connectivity index (χ0) is 22.7. The molecule has 0 saturated carbocycles. The Labute approximate surface area is 189 Å². The first-order valence-electron chi connectivity index (χ1n) is 9.42. The fraction of sp³-hybridized carbons (Fsp3) is 0.227. The first-order valence-corrected chi connectivity index (χ1v) is 10.2. The molecule has 31 heavy (non-hydrogen) atoms. The Kier molecular flexibility index (Phi) is 7.00. The van der Waals surface area contributed by atoms with Crippen molar-refractivity contribution in [2.45, 2.75) is 13.5 Å². The molecule has 0 saturated heterocycles.